The van der Waals surface area contributed by atoms with E-state index in [0.717, 1.165) is 16.8 Å². The van der Waals surface area contributed by atoms with Gasteiger partial charge in [0.15, 0.2) is 11.5 Å². The van der Waals surface area contributed by atoms with Crippen molar-refractivity contribution in [2.24, 2.45) is 0 Å². The van der Waals surface area contributed by atoms with E-state index in [1.807, 2.05) is 25.1 Å². The van der Waals surface area contributed by atoms with Gasteiger partial charge >= 0.3 is 0 Å². The summed E-state index contributed by atoms with van der Waals surface area (Å²) in [5.74, 6) is 0.710. The molecule has 1 aromatic heterocycles. The maximum absolute atomic E-state index is 5.44. The summed E-state index contributed by atoms with van der Waals surface area (Å²) in [5.41, 5.74) is 2.83. The molecule has 74 valence electrons. The Kier molecular flexibility index (Phi) is 2.15. The molecule has 0 aliphatic heterocycles. The molecule has 0 amide bonds. The summed E-state index contributed by atoms with van der Waals surface area (Å²) in [6, 6.07) is 6.40. The molecule has 3 nitrogen and oxygen atoms in total. The Balaban J connectivity index is 2.40. The van der Waals surface area contributed by atoms with E-state index in [1.54, 1.807) is 0 Å². The lowest BCUT2D eigenvalue weighted by Crippen LogP contribution is -2.09. The van der Waals surface area contributed by atoms with E-state index in [9.17, 15) is 0 Å². The minimum atomic E-state index is 0.427. The van der Waals surface area contributed by atoms with Gasteiger partial charge in [0, 0.05) is 24.7 Å². The number of aryl methyl sites for hydroxylation is 1. The monoisotopic (exact) mass is 190 g/mol. The zero-order valence-corrected chi connectivity index (χ0v) is 8.66. The molecule has 0 aliphatic carbocycles. The predicted molar refractivity (Wildman–Crippen MR) is 57.5 cm³/mol. The number of hydrogen-bond donors (Lipinski definition) is 1. The molecule has 1 N–H and O–H groups in total. The second-order valence-corrected chi connectivity index (χ2v) is 3.71. The number of fused-ring (bicyclic) bond motifs is 1. The number of nitrogens with one attached hydrogen (secondary N) is 1. The third-order valence-corrected chi connectivity index (χ3v) is 1.95. The third kappa shape index (κ3) is 1.71. The lowest BCUT2D eigenvalue weighted by molar-refractivity contribution is 0.561. The first-order chi connectivity index (χ1) is 6.65. The predicted octanol–water partition coefficient (Wildman–Crippen LogP) is 2.96. The molecule has 1 aromatic carbocycles. The van der Waals surface area contributed by atoms with Crippen LogP contribution in [-0.4, -0.2) is 11.0 Å². The quantitative estimate of drug-likeness (QED) is 0.791. The summed E-state index contributed by atoms with van der Waals surface area (Å²) in [7, 11) is 0. The van der Waals surface area contributed by atoms with Gasteiger partial charge in [-0.3, -0.25) is 0 Å². The van der Waals surface area contributed by atoms with Crippen LogP contribution in [-0.2, 0) is 0 Å². The van der Waals surface area contributed by atoms with Crippen LogP contribution in [0.2, 0.25) is 0 Å². The molecule has 0 saturated carbocycles. The molecule has 1 heterocycles. The van der Waals surface area contributed by atoms with Gasteiger partial charge in [0.05, 0.1) is 0 Å². The van der Waals surface area contributed by atoms with Crippen LogP contribution >= 0.6 is 0 Å². The van der Waals surface area contributed by atoms with Gasteiger partial charge < -0.3 is 9.73 Å². The van der Waals surface area contributed by atoms with Crippen LogP contribution in [0.4, 0.5) is 5.69 Å². The maximum atomic E-state index is 5.44. The summed E-state index contributed by atoms with van der Waals surface area (Å²) in [4.78, 5) is 4.24. The SMILES string of the molecule is Cc1nc2ccc(NC(C)C)cc2o1. The smallest absolute Gasteiger partial charge is 0.192 e. The van der Waals surface area contributed by atoms with Crippen molar-refractivity contribution < 1.29 is 4.42 Å². The summed E-state index contributed by atoms with van der Waals surface area (Å²) < 4.78 is 5.44. The van der Waals surface area contributed by atoms with E-state index in [2.05, 4.69) is 24.1 Å². The normalized spacial score (nSPS) is 11.1. The topological polar surface area (TPSA) is 38.1 Å². The van der Waals surface area contributed by atoms with Crippen LogP contribution in [0.15, 0.2) is 22.6 Å². The van der Waals surface area contributed by atoms with Gasteiger partial charge in [-0.25, -0.2) is 4.98 Å². The second kappa shape index (κ2) is 3.33. The molecular formula is C11H14N2O. The molecule has 0 unspecified atom stereocenters. The third-order valence-electron chi connectivity index (χ3n) is 1.95. The molecule has 2 aromatic rings. The zero-order valence-electron chi connectivity index (χ0n) is 8.66. The van der Waals surface area contributed by atoms with E-state index in [0.29, 0.717) is 11.9 Å². The molecule has 0 bridgehead atoms. The lowest BCUT2D eigenvalue weighted by Gasteiger charge is -2.08. The number of nitrogens with zero attached hydrogens (tertiary/aromatic N) is 1. The van der Waals surface area contributed by atoms with E-state index >= 15 is 0 Å². The van der Waals surface area contributed by atoms with Crippen LogP contribution in [0.5, 0.6) is 0 Å². The Morgan fingerprint density at radius 3 is 2.86 bits per heavy atom. The molecule has 0 atom stereocenters. The first kappa shape index (κ1) is 9.06. The second-order valence-electron chi connectivity index (χ2n) is 3.71. The van der Waals surface area contributed by atoms with Gasteiger partial charge in [0.2, 0.25) is 0 Å². The molecule has 0 spiro atoms. The Morgan fingerprint density at radius 2 is 2.14 bits per heavy atom. The number of aromatic nitrogens is 1. The van der Waals surface area contributed by atoms with Gasteiger partial charge in [0.25, 0.3) is 0 Å². The van der Waals surface area contributed by atoms with E-state index in [1.165, 1.54) is 0 Å². The van der Waals surface area contributed by atoms with Gasteiger partial charge in [-0.1, -0.05) is 0 Å². The first-order valence-corrected chi connectivity index (χ1v) is 4.79. The number of benzene rings is 1. The van der Waals surface area contributed by atoms with Crippen LogP contribution < -0.4 is 5.32 Å². The minimum Gasteiger partial charge on any atom is -0.441 e. The largest absolute Gasteiger partial charge is 0.441 e. The summed E-state index contributed by atoms with van der Waals surface area (Å²) in [5, 5.41) is 3.32. The van der Waals surface area contributed by atoms with Crippen LogP contribution in [0.3, 0.4) is 0 Å². The standard InChI is InChI=1S/C11H14N2O/c1-7(2)12-9-4-5-10-11(6-9)14-8(3)13-10/h4-7,12H,1-3H3. The van der Waals surface area contributed by atoms with Crippen LogP contribution in [0.25, 0.3) is 11.1 Å². The highest BCUT2D eigenvalue weighted by molar-refractivity contribution is 5.77. The fourth-order valence-corrected chi connectivity index (χ4v) is 1.46. The van der Waals surface area contributed by atoms with Crippen molar-refractivity contribution in [1.29, 1.82) is 0 Å². The van der Waals surface area contributed by atoms with Crippen molar-refractivity contribution in [1.82, 2.24) is 4.98 Å². The van der Waals surface area contributed by atoms with Crippen molar-refractivity contribution in [3.8, 4) is 0 Å². The maximum Gasteiger partial charge on any atom is 0.192 e. The minimum absolute atomic E-state index is 0.427. The molecule has 2 rings (SSSR count). The molecule has 0 saturated heterocycles. The highest BCUT2D eigenvalue weighted by Gasteiger charge is 2.03. The Bertz CT molecular complexity index is 445. The Hall–Kier alpha value is -1.51. The van der Waals surface area contributed by atoms with E-state index < -0.39 is 0 Å². The molecule has 0 aliphatic rings. The molecule has 0 radical (unpaired) electrons. The number of rotatable bonds is 2. The zero-order chi connectivity index (χ0) is 10.1. The number of oxazole rings is 1. The average molecular weight is 190 g/mol. The van der Waals surface area contributed by atoms with Crippen molar-refractivity contribution in [2.45, 2.75) is 26.8 Å². The molecule has 0 fully saturated rings. The fourth-order valence-electron chi connectivity index (χ4n) is 1.46. The number of hydrogen-bond acceptors (Lipinski definition) is 3. The first-order valence-electron chi connectivity index (χ1n) is 4.79. The van der Waals surface area contributed by atoms with Crippen molar-refractivity contribution in [3.05, 3.63) is 24.1 Å². The van der Waals surface area contributed by atoms with Crippen LogP contribution in [0, 0.1) is 6.92 Å². The highest BCUT2D eigenvalue weighted by Crippen LogP contribution is 2.20. The number of anilines is 1. The van der Waals surface area contributed by atoms with Gasteiger partial charge in [0.1, 0.15) is 5.52 Å². The Labute approximate surface area is 83.1 Å². The van der Waals surface area contributed by atoms with Gasteiger partial charge in [-0.2, -0.15) is 0 Å². The molecule has 3 heteroatoms. The van der Waals surface area contributed by atoms with Crippen LogP contribution in [0.1, 0.15) is 19.7 Å². The van der Waals surface area contributed by atoms with Crippen molar-refractivity contribution in [3.63, 3.8) is 0 Å². The molecule has 14 heavy (non-hydrogen) atoms. The summed E-state index contributed by atoms with van der Waals surface area (Å²) in [6.45, 7) is 6.07. The van der Waals surface area contributed by atoms with E-state index in [4.69, 9.17) is 4.42 Å². The van der Waals surface area contributed by atoms with Crippen molar-refractivity contribution in [2.75, 3.05) is 5.32 Å². The lowest BCUT2D eigenvalue weighted by atomic mass is 10.2. The highest BCUT2D eigenvalue weighted by atomic mass is 16.3. The van der Waals surface area contributed by atoms with Gasteiger partial charge in [-0.15, -0.1) is 0 Å². The van der Waals surface area contributed by atoms with E-state index in [-0.39, 0.29) is 0 Å². The summed E-state index contributed by atoms with van der Waals surface area (Å²) >= 11 is 0. The molecular weight excluding hydrogens is 176 g/mol. The average Bonchev–Trinajstić information content (AvgIpc) is 2.42. The fraction of sp³-hybridized carbons (Fsp3) is 0.364. The van der Waals surface area contributed by atoms with Crippen molar-refractivity contribution >= 4 is 16.8 Å². The Morgan fingerprint density at radius 1 is 1.36 bits per heavy atom. The summed E-state index contributed by atoms with van der Waals surface area (Å²) in [6.07, 6.45) is 0. The van der Waals surface area contributed by atoms with Gasteiger partial charge in [-0.05, 0) is 26.0 Å².